The molecule has 390 valence electrons. The summed E-state index contributed by atoms with van der Waals surface area (Å²) in [6.07, 6.45) is 15.1. The lowest BCUT2D eigenvalue weighted by Crippen LogP contribution is -2.52. The Morgan fingerprint density at radius 3 is 2.19 bits per heavy atom. The third-order valence-electron chi connectivity index (χ3n) is 17.0. The van der Waals surface area contributed by atoms with Crippen molar-refractivity contribution >= 4 is 34.6 Å². The van der Waals surface area contributed by atoms with Crippen LogP contribution in [0.25, 0.3) is 11.0 Å². The van der Waals surface area contributed by atoms with Crippen molar-refractivity contribution in [3.8, 4) is 0 Å². The number of aryl methyl sites for hydroxylation is 2. The zero-order valence-corrected chi connectivity index (χ0v) is 42.7. The second-order valence-electron chi connectivity index (χ2n) is 21.8. The molecule has 73 heavy (non-hydrogen) atoms. The number of nitrogens with zero attached hydrogens (tertiary/aromatic N) is 7. The predicted molar refractivity (Wildman–Crippen MR) is 276 cm³/mol. The molecule has 0 saturated carbocycles. The van der Waals surface area contributed by atoms with Crippen molar-refractivity contribution in [3.63, 3.8) is 0 Å². The van der Waals surface area contributed by atoms with Crippen LogP contribution in [-0.2, 0) is 28.6 Å². The van der Waals surface area contributed by atoms with Crippen molar-refractivity contribution in [2.45, 2.75) is 147 Å². The highest BCUT2D eigenvalue weighted by atomic mass is 19.3. The van der Waals surface area contributed by atoms with Crippen molar-refractivity contribution in [1.82, 2.24) is 39.5 Å². The Kier molecular flexibility index (Phi) is 15.5. The van der Waals surface area contributed by atoms with Gasteiger partial charge in [0.1, 0.15) is 29.1 Å². The number of piperidine rings is 4. The highest BCUT2D eigenvalue weighted by Gasteiger charge is 2.43. The first-order chi connectivity index (χ1) is 35.3. The van der Waals surface area contributed by atoms with Crippen LogP contribution in [-0.4, -0.2) is 117 Å². The minimum atomic E-state index is -2.94. The van der Waals surface area contributed by atoms with E-state index in [4.69, 9.17) is 9.97 Å². The van der Waals surface area contributed by atoms with Crippen LogP contribution in [0.1, 0.15) is 159 Å². The van der Waals surface area contributed by atoms with Crippen molar-refractivity contribution in [2.75, 3.05) is 64.2 Å². The van der Waals surface area contributed by atoms with Gasteiger partial charge in [-0.3, -0.25) is 34.0 Å². The fourth-order valence-electron chi connectivity index (χ4n) is 12.6. The summed E-state index contributed by atoms with van der Waals surface area (Å²) in [7, 11) is 0. The highest BCUT2D eigenvalue weighted by molar-refractivity contribution is 6.05. The third-order valence-corrected chi connectivity index (χ3v) is 17.0. The maximum Gasteiger partial charge on any atom is 0.276 e. The first kappa shape index (κ1) is 51.1. The number of nitrogens with one attached hydrogen (secondary N) is 2. The number of halogens is 3. The van der Waals surface area contributed by atoms with Crippen LogP contribution in [0.3, 0.4) is 0 Å². The Hall–Kier alpha value is -5.45. The van der Waals surface area contributed by atoms with E-state index < -0.39 is 23.8 Å². The van der Waals surface area contributed by atoms with Crippen LogP contribution >= 0.6 is 0 Å². The molecular formula is C57H72F3N9O4. The zero-order chi connectivity index (χ0) is 50.8. The number of pyridine rings is 1. The van der Waals surface area contributed by atoms with Gasteiger partial charge in [0.05, 0.1) is 5.39 Å². The largest absolute Gasteiger partial charge is 0.363 e. The number of unbranched alkanes of at least 4 members (excludes halogenated alkanes) is 2. The van der Waals surface area contributed by atoms with Crippen LogP contribution in [0.2, 0.25) is 0 Å². The number of benzene rings is 2. The number of amides is 3. The van der Waals surface area contributed by atoms with Crippen molar-refractivity contribution in [2.24, 2.45) is 5.92 Å². The second kappa shape index (κ2) is 22.2. The lowest BCUT2D eigenvalue weighted by Gasteiger charge is -2.35. The van der Waals surface area contributed by atoms with Crippen molar-refractivity contribution in [1.29, 1.82) is 0 Å². The predicted octanol–water partition coefficient (Wildman–Crippen LogP) is 8.95. The van der Waals surface area contributed by atoms with Gasteiger partial charge >= 0.3 is 0 Å². The molecule has 8 bridgehead atoms. The summed E-state index contributed by atoms with van der Waals surface area (Å²) in [5, 5.41) is 6.69. The third kappa shape index (κ3) is 11.2. The molecule has 0 radical (unpaired) electrons. The summed E-state index contributed by atoms with van der Waals surface area (Å²) in [5.74, 6) is -3.85. The number of allylic oxidation sites excluding steroid dienone is 1. The van der Waals surface area contributed by atoms with E-state index >= 15 is 13.2 Å². The van der Waals surface area contributed by atoms with Gasteiger partial charge in [-0.25, -0.2) is 23.1 Å². The summed E-state index contributed by atoms with van der Waals surface area (Å²) in [6.45, 7) is 12.3. The van der Waals surface area contributed by atoms with Gasteiger partial charge in [0, 0.05) is 54.7 Å². The Balaban J connectivity index is 0.738. The van der Waals surface area contributed by atoms with Gasteiger partial charge in [0.25, 0.3) is 17.4 Å². The average molecular weight is 1000 g/mol. The molecule has 2 aromatic heterocycles. The van der Waals surface area contributed by atoms with Gasteiger partial charge in [-0.05, 0) is 190 Å². The van der Waals surface area contributed by atoms with Crippen LogP contribution < -0.4 is 16.2 Å². The number of hydrogen-bond donors (Lipinski definition) is 2. The first-order valence-corrected chi connectivity index (χ1v) is 27.3. The number of carbonyl (C=O) groups excluding carboxylic acids is 3. The van der Waals surface area contributed by atoms with E-state index in [-0.39, 0.29) is 66.0 Å². The maximum atomic E-state index is 16.2. The number of aromatic nitrogens is 3. The van der Waals surface area contributed by atoms with Gasteiger partial charge in [0.2, 0.25) is 11.8 Å². The number of carbonyl (C=O) groups is 3. The van der Waals surface area contributed by atoms with Gasteiger partial charge in [-0.2, -0.15) is 0 Å². The summed E-state index contributed by atoms with van der Waals surface area (Å²) in [5.41, 5.74) is 3.95. The molecule has 13 nitrogen and oxygen atoms in total. The lowest BCUT2D eigenvalue weighted by molar-refractivity contribution is -0.136. The molecule has 2 aromatic carbocycles. The number of fused-ring (bicyclic) bond motifs is 9. The first-order valence-electron chi connectivity index (χ1n) is 27.3. The molecule has 1 unspecified atom stereocenters. The summed E-state index contributed by atoms with van der Waals surface area (Å²) in [6, 6.07) is 11.0. The number of imide groups is 1. The number of likely N-dealkylation sites (tertiary alicyclic amines) is 2. The minimum Gasteiger partial charge on any atom is -0.363 e. The van der Waals surface area contributed by atoms with E-state index in [1.807, 2.05) is 36.6 Å². The fourth-order valence-corrected chi connectivity index (χ4v) is 12.6. The number of anilines is 1. The minimum absolute atomic E-state index is 0.0202. The molecule has 2 N–H and O–H groups in total. The molecule has 11 rings (SSSR count). The Labute approximate surface area is 427 Å². The summed E-state index contributed by atoms with van der Waals surface area (Å²) in [4.78, 5) is 70.5. The molecule has 0 aliphatic carbocycles. The number of hydrogen-bond acceptors (Lipinski definition) is 10. The smallest absolute Gasteiger partial charge is 0.276 e. The van der Waals surface area contributed by atoms with Crippen molar-refractivity contribution < 1.29 is 27.6 Å². The highest BCUT2D eigenvalue weighted by Crippen LogP contribution is 2.43. The van der Waals surface area contributed by atoms with Crippen LogP contribution in [0.5, 0.6) is 0 Å². The molecule has 4 fully saturated rings. The Morgan fingerprint density at radius 1 is 0.767 bits per heavy atom. The molecule has 7 aliphatic rings. The standard InChI is InChI=1S/C57H72F3N9O4/c1-37-41-12-11-13-44(32-41)57(59,60)43-20-30-67(31-21-43)22-7-4-3-5-10-25-68-53-48(52(61-37)62-38(2)63-53)34-46(55(68)72)40-18-28-66(29-19-40)24-9-6-8-23-65-26-16-39(17-27-65)45-33-42-36-69(56(73)47(42)35-49(45)58)50-14-15-51(70)64-54(50)71/h4,7,11-13,32-35,37,39-40,43,50H,3,5-6,8-10,14-31,36H2,1-2H3,(H,61,62,63)(H,64,70,71)/b7-4+/t37-,50?/m1/s1. The van der Waals surface area contributed by atoms with Gasteiger partial charge < -0.3 is 20.0 Å². The Bertz CT molecular complexity index is 2780. The van der Waals surface area contributed by atoms with E-state index in [9.17, 15) is 19.2 Å². The number of rotatable bonds is 9. The monoisotopic (exact) mass is 1000 g/mol. The van der Waals surface area contributed by atoms with E-state index in [0.29, 0.717) is 60.9 Å². The summed E-state index contributed by atoms with van der Waals surface area (Å²) < 4.78 is 49.7. The zero-order valence-electron chi connectivity index (χ0n) is 42.7. The average Bonchev–Trinajstić information content (AvgIpc) is 3.70. The van der Waals surface area contributed by atoms with Gasteiger partial charge in [-0.15, -0.1) is 0 Å². The van der Waals surface area contributed by atoms with Gasteiger partial charge in [0.15, 0.2) is 0 Å². The quantitative estimate of drug-likeness (QED) is 0.0951. The van der Waals surface area contributed by atoms with E-state index in [1.54, 1.807) is 18.2 Å². The van der Waals surface area contributed by atoms with Crippen LogP contribution in [0.15, 0.2) is 59.4 Å². The molecule has 4 aromatic rings. The van der Waals surface area contributed by atoms with Crippen LogP contribution in [0, 0.1) is 18.7 Å². The molecule has 7 aliphatic heterocycles. The van der Waals surface area contributed by atoms with Gasteiger partial charge in [-0.1, -0.05) is 42.8 Å². The SMILES string of the molecule is Cc1nc2c3cc(C4CCN(CCCCCN5CCC(c6cc7c(cc6F)C(=O)N(C6CCC(=O)NC6=O)C7)CC5)CC4)c(=O)n(c3n1)CCCC/C=C/CN1CCC(CC1)C(F)(F)c1cccc(c1)[C@@H](C)N2. The molecule has 0 spiro atoms. The second-order valence-corrected chi connectivity index (χ2v) is 21.8. The fraction of sp³-hybridized carbons (Fsp3) is 0.579. The molecule has 16 heteroatoms. The maximum absolute atomic E-state index is 16.2. The van der Waals surface area contributed by atoms with E-state index in [2.05, 4.69) is 37.5 Å². The van der Waals surface area contributed by atoms with Crippen molar-refractivity contribution in [3.05, 3.63) is 110 Å². The molecule has 9 heterocycles. The normalized spacial score (nSPS) is 25.4. The van der Waals surface area contributed by atoms with E-state index in [0.717, 1.165) is 132 Å². The Morgan fingerprint density at radius 2 is 1.48 bits per heavy atom. The number of alkyl halides is 2. The molecule has 2 atom stereocenters. The molecule has 3 amide bonds. The molecule has 4 saturated heterocycles. The topological polar surface area (TPSA) is 136 Å². The molecular weight excluding hydrogens is 932 g/mol. The summed E-state index contributed by atoms with van der Waals surface area (Å²) >= 11 is 0. The lowest BCUT2D eigenvalue weighted by atomic mass is 9.85. The van der Waals surface area contributed by atoms with E-state index in [1.165, 1.54) is 11.0 Å². The van der Waals surface area contributed by atoms with Crippen LogP contribution in [0.4, 0.5) is 19.0 Å².